The van der Waals surface area contributed by atoms with Gasteiger partial charge in [0, 0.05) is 12.7 Å². The number of aryl methyl sites for hydroxylation is 3. The molecule has 0 aliphatic carbocycles. The number of esters is 2. The Morgan fingerprint density at radius 3 is 2.54 bits per heavy atom. The van der Waals surface area contributed by atoms with E-state index < -0.39 is 30.5 Å². The van der Waals surface area contributed by atoms with E-state index in [9.17, 15) is 14.4 Å². The SMILES string of the molecule is COC(=O)C(CC(C)C)NC(=O)COC(=O)c1cc(C)nc2c1c(C)nn2C. The van der Waals surface area contributed by atoms with Gasteiger partial charge in [-0.15, -0.1) is 0 Å². The third-order valence-electron chi connectivity index (χ3n) is 4.18. The molecule has 2 heterocycles. The van der Waals surface area contributed by atoms with Gasteiger partial charge in [0.05, 0.1) is 23.8 Å². The first-order chi connectivity index (χ1) is 13.1. The van der Waals surface area contributed by atoms with Gasteiger partial charge in [-0.3, -0.25) is 9.48 Å². The lowest BCUT2D eigenvalue weighted by atomic mass is 10.0. The molecule has 1 atom stereocenters. The number of carbonyl (C=O) groups is 3. The first kappa shape index (κ1) is 21.3. The second-order valence-electron chi connectivity index (χ2n) is 7.07. The number of aromatic nitrogens is 3. The van der Waals surface area contributed by atoms with E-state index in [1.807, 2.05) is 13.8 Å². The highest BCUT2D eigenvalue weighted by Gasteiger charge is 2.24. The molecule has 1 unspecified atom stereocenters. The normalized spacial score (nSPS) is 12.1. The fraction of sp³-hybridized carbons (Fsp3) is 0.526. The van der Waals surface area contributed by atoms with Crippen LogP contribution in [0.15, 0.2) is 6.07 Å². The third kappa shape index (κ3) is 4.85. The summed E-state index contributed by atoms with van der Waals surface area (Å²) < 4.78 is 11.5. The van der Waals surface area contributed by atoms with Crippen molar-refractivity contribution in [2.75, 3.05) is 13.7 Å². The quantitative estimate of drug-likeness (QED) is 0.712. The maximum atomic E-state index is 12.6. The van der Waals surface area contributed by atoms with Gasteiger partial charge >= 0.3 is 11.9 Å². The predicted molar refractivity (Wildman–Crippen MR) is 102 cm³/mol. The van der Waals surface area contributed by atoms with Crippen LogP contribution in [0.2, 0.25) is 0 Å². The molecule has 0 aliphatic rings. The lowest BCUT2D eigenvalue weighted by molar-refractivity contribution is -0.145. The number of amides is 1. The first-order valence-electron chi connectivity index (χ1n) is 8.99. The molecule has 2 rings (SSSR count). The average molecular weight is 390 g/mol. The highest BCUT2D eigenvalue weighted by Crippen LogP contribution is 2.22. The Hall–Kier alpha value is -2.97. The fourth-order valence-corrected chi connectivity index (χ4v) is 3.00. The van der Waals surface area contributed by atoms with Crippen LogP contribution in [-0.2, 0) is 26.1 Å². The predicted octanol–water partition coefficient (Wildman–Crippen LogP) is 1.45. The lowest BCUT2D eigenvalue weighted by Crippen LogP contribution is -2.44. The number of pyridine rings is 1. The zero-order valence-electron chi connectivity index (χ0n) is 17.0. The minimum Gasteiger partial charge on any atom is -0.467 e. The molecular formula is C19H26N4O5. The number of nitrogens with zero attached hydrogens (tertiary/aromatic N) is 3. The number of nitrogens with one attached hydrogen (secondary N) is 1. The highest BCUT2D eigenvalue weighted by atomic mass is 16.5. The van der Waals surface area contributed by atoms with E-state index in [1.54, 1.807) is 31.6 Å². The van der Waals surface area contributed by atoms with Crippen molar-refractivity contribution >= 4 is 28.9 Å². The summed E-state index contributed by atoms with van der Waals surface area (Å²) in [5.41, 5.74) is 2.14. The summed E-state index contributed by atoms with van der Waals surface area (Å²) in [5, 5.41) is 7.42. The maximum absolute atomic E-state index is 12.6. The Kier molecular flexibility index (Phi) is 6.71. The molecule has 0 spiro atoms. The van der Waals surface area contributed by atoms with Gasteiger partial charge in [0.2, 0.25) is 0 Å². The minimum atomic E-state index is -0.786. The van der Waals surface area contributed by atoms with Crippen molar-refractivity contribution in [3.8, 4) is 0 Å². The molecule has 1 N–H and O–H groups in total. The Balaban J connectivity index is 2.10. The van der Waals surface area contributed by atoms with Crippen LogP contribution in [0.4, 0.5) is 0 Å². The van der Waals surface area contributed by atoms with E-state index in [0.717, 1.165) is 0 Å². The van der Waals surface area contributed by atoms with E-state index in [1.165, 1.54) is 7.11 Å². The molecule has 0 aliphatic heterocycles. The van der Waals surface area contributed by atoms with Crippen LogP contribution in [0.5, 0.6) is 0 Å². The van der Waals surface area contributed by atoms with Crippen LogP contribution in [0, 0.1) is 19.8 Å². The molecule has 152 valence electrons. The van der Waals surface area contributed by atoms with E-state index >= 15 is 0 Å². The molecule has 28 heavy (non-hydrogen) atoms. The maximum Gasteiger partial charge on any atom is 0.339 e. The number of fused-ring (bicyclic) bond motifs is 1. The Labute approximate surface area is 163 Å². The number of rotatable bonds is 7. The van der Waals surface area contributed by atoms with Gasteiger partial charge < -0.3 is 14.8 Å². The van der Waals surface area contributed by atoms with Crippen molar-refractivity contribution in [3.05, 3.63) is 23.0 Å². The fourth-order valence-electron chi connectivity index (χ4n) is 3.00. The van der Waals surface area contributed by atoms with E-state index in [-0.39, 0.29) is 5.92 Å². The highest BCUT2D eigenvalue weighted by molar-refractivity contribution is 6.04. The summed E-state index contributed by atoms with van der Waals surface area (Å²) in [6, 6.07) is 0.819. The van der Waals surface area contributed by atoms with Gasteiger partial charge in [0.15, 0.2) is 12.3 Å². The number of carbonyl (C=O) groups excluding carboxylic acids is 3. The molecule has 0 saturated heterocycles. The van der Waals surface area contributed by atoms with Gasteiger partial charge in [-0.1, -0.05) is 13.8 Å². The molecule has 9 nitrogen and oxygen atoms in total. The summed E-state index contributed by atoms with van der Waals surface area (Å²) in [6.07, 6.45) is 0.422. The first-order valence-corrected chi connectivity index (χ1v) is 8.99. The van der Waals surface area contributed by atoms with Crippen LogP contribution in [0.25, 0.3) is 11.0 Å². The van der Waals surface area contributed by atoms with Crippen molar-refractivity contribution in [1.29, 1.82) is 0 Å². The van der Waals surface area contributed by atoms with Gasteiger partial charge in [-0.05, 0) is 32.3 Å². The van der Waals surface area contributed by atoms with Crippen molar-refractivity contribution in [1.82, 2.24) is 20.1 Å². The van der Waals surface area contributed by atoms with E-state index in [0.29, 0.717) is 34.4 Å². The van der Waals surface area contributed by atoms with Crippen LogP contribution in [0.3, 0.4) is 0 Å². The van der Waals surface area contributed by atoms with Gasteiger partial charge in [-0.2, -0.15) is 5.10 Å². The zero-order chi connectivity index (χ0) is 21.0. The summed E-state index contributed by atoms with van der Waals surface area (Å²) in [7, 11) is 3.00. The van der Waals surface area contributed by atoms with Gasteiger partial charge in [-0.25, -0.2) is 14.6 Å². The molecule has 0 bridgehead atoms. The Morgan fingerprint density at radius 1 is 1.25 bits per heavy atom. The summed E-state index contributed by atoms with van der Waals surface area (Å²) in [5.74, 6) is -1.59. The van der Waals surface area contributed by atoms with Crippen LogP contribution < -0.4 is 5.32 Å². The van der Waals surface area contributed by atoms with Crippen molar-refractivity contribution in [3.63, 3.8) is 0 Å². The van der Waals surface area contributed by atoms with Crippen LogP contribution >= 0.6 is 0 Å². The van der Waals surface area contributed by atoms with Gasteiger partial charge in [0.1, 0.15) is 6.04 Å². The van der Waals surface area contributed by atoms with Crippen molar-refractivity contribution in [2.45, 2.75) is 40.2 Å². The summed E-state index contributed by atoms with van der Waals surface area (Å²) in [6.45, 7) is 6.88. The van der Waals surface area contributed by atoms with Crippen LogP contribution in [-0.4, -0.2) is 52.4 Å². The molecule has 0 radical (unpaired) electrons. The lowest BCUT2D eigenvalue weighted by Gasteiger charge is -2.18. The average Bonchev–Trinajstić information content (AvgIpc) is 2.91. The molecule has 9 heteroatoms. The number of methoxy groups -OCH3 is 1. The minimum absolute atomic E-state index is 0.175. The van der Waals surface area contributed by atoms with E-state index in [2.05, 4.69) is 15.4 Å². The number of hydrogen-bond donors (Lipinski definition) is 1. The molecule has 2 aromatic rings. The second kappa shape index (κ2) is 8.81. The Morgan fingerprint density at radius 2 is 1.93 bits per heavy atom. The molecule has 1 amide bonds. The second-order valence-corrected chi connectivity index (χ2v) is 7.07. The monoisotopic (exact) mass is 390 g/mol. The zero-order valence-corrected chi connectivity index (χ0v) is 17.0. The molecule has 0 fully saturated rings. The van der Waals surface area contributed by atoms with E-state index in [4.69, 9.17) is 9.47 Å². The summed E-state index contributed by atoms with van der Waals surface area (Å²) >= 11 is 0. The topological polar surface area (TPSA) is 112 Å². The molecular weight excluding hydrogens is 364 g/mol. The number of ether oxygens (including phenoxy) is 2. The van der Waals surface area contributed by atoms with Crippen LogP contribution in [0.1, 0.15) is 42.0 Å². The van der Waals surface area contributed by atoms with Gasteiger partial charge in [0.25, 0.3) is 5.91 Å². The smallest absolute Gasteiger partial charge is 0.339 e. The van der Waals surface area contributed by atoms with Crippen molar-refractivity contribution < 1.29 is 23.9 Å². The Bertz CT molecular complexity index is 903. The standard InChI is InChI=1S/C19H26N4O5/c1-10(2)7-14(19(26)27-6)21-15(24)9-28-18(25)13-8-11(3)20-17-16(13)12(4)22-23(17)5/h8,10,14H,7,9H2,1-6H3,(H,21,24). The third-order valence-corrected chi connectivity index (χ3v) is 4.18. The molecule has 0 aromatic carbocycles. The molecule has 2 aromatic heterocycles. The van der Waals surface area contributed by atoms with Crippen molar-refractivity contribution in [2.24, 2.45) is 13.0 Å². The summed E-state index contributed by atoms with van der Waals surface area (Å²) in [4.78, 5) is 40.9. The number of hydrogen-bond acceptors (Lipinski definition) is 7. The molecule has 0 saturated carbocycles. The largest absolute Gasteiger partial charge is 0.467 e.